The smallest absolute Gasteiger partial charge is 0.337 e. The van der Waals surface area contributed by atoms with E-state index in [2.05, 4.69) is 27.1 Å². The summed E-state index contributed by atoms with van der Waals surface area (Å²) in [5, 5.41) is 3.29. The minimum absolute atomic E-state index is 0.354. The summed E-state index contributed by atoms with van der Waals surface area (Å²) in [6.07, 6.45) is 4.81. The highest BCUT2D eigenvalue weighted by molar-refractivity contribution is 5.90. The Labute approximate surface area is 154 Å². The van der Waals surface area contributed by atoms with Gasteiger partial charge in [0.2, 0.25) is 0 Å². The zero-order valence-electron chi connectivity index (χ0n) is 15.7. The Morgan fingerprint density at radius 2 is 2.15 bits per heavy atom. The lowest BCUT2D eigenvalue weighted by molar-refractivity contribution is 0.0601. The van der Waals surface area contributed by atoms with E-state index in [4.69, 9.17) is 4.74 Å². The van der Waals surface area contributed by atoms with Crippen molar-refractivity contribution >= 4 is 23.3 Å². The van der Waals surface area contributed by atoms with E-state index in [1.165, 1.54) is 26.4 Å². The highest BCUT2D eigenvalue weighted by Crippen LogP contribution is 2.27. The fraction of sp³-hybridized carbons (Fsp3) is 0.450. The molecule has 1 saturated heterocycles. The SMILES string of the molecule is CCC1CCCCN1c1cc(Nc2cccc(C(=O)OC)c2)nc(C)n1. The van der Waals surface area contributed by atoms with E-state index in [0.29, 0.717) is 11.6 Å². The van der Waals surface area contributed by atoms with Crippen molar-refractivity contribution in [3.8, 4) is 0 Å². The standard InChI is InChI=1S/C20H26N4O2/c1-4-17-10-5-6-11-24(17)19-13-18(21-14(2)22-19)23-16-9-7-8-15(12-16)20(25)26-3/h7-9,12-13,17H,4-6,10-11H2,1-3H3,(H,21,22,23). The highest BCUT2D eigenvalue weighted by Gasteiger charge is 2.22. The molecule has 6 nitrogen and oxygen atoms in total. The number of rotatable bonds is 5. The maximum absolute atomic E-state index is 11.7. The Morgan fingerprint density at radius 3 is 2.92 bits per heavy atom. The number of ether oxygens (including phenoxy) is 1. The van der Waals surface area contributed by atoms with Crippen LogP contribution in [0.25, 0.3) is 0 Å². The van der Waals surface area contributed by atoms with Crippen molar-refractivity contribution in [3.63, 3.8) is 0 Å². The van der Waals surface area contributed by atoms with Crippen molar-refractivity contribution in [1.82, 2.24) is 9.97 Å². The number of methoxy groups -OCH3 is 1. The lowest BCUT2D eigenvalue weighted by atomic mass is 10.00. The van der Waals surface area contributed by atoms with E-state index in [1.807, 2.05) is 25.1 Å². The quantitative estimate of drug-likeness (QED) is 0.816. The van der Waals surface area contributed by atoms with Crippen LogP contribution in [-0.2, 0) is 4.74 Å². The third-order valence-electron chi connectivity index (χ3n) is 4.77. The van der Waals surface area contributed by atoms with Gasteiger partial charge in [0.15, 0.2) is 0 Å². The first-order valence-corrected chi connectivity index (χ1v) is 9.18. The molecule has 0 saturated carbocycles. The molecule has 1 aromatic heterocycles. The maximum Gasteiger partial charge on any atom is 0.337 e. The van der Waals surface area contributed by atoms with E-state index in [1.54, 1.807) is 12.1 Å². The Balaban J connectivity index is 1.85. The van der Waals surface area contributed by atoms with Crippen molar-refractivity contribution in [1.29, 1.82) is 0 Å². The summed E-state index contributed by atoms with van der Waals surface area (Å²) in [4.78, 5) is 23.3. The molecule has 1 aliphatic rings. The molecular weight excluding hydrogens is 328 g/mol. The minimum Gasteiger partial charge on any atom is -0.465 e. The zero-order valence-corrected chi connectivity index (χ0v) is 15.7. The number of carbonyl (C=O) groups is 1. The van der Waals surface area contributed by atoms with E-state index in [0.717, 1.165) is 36.1 Å². The predicted molar refractivity (Wildman–Crippen MR) is 103 cm³/mol. The van der Waals surface area contributed by atoms with Crippen LogP contribution in [0.15, 0.2) is 30.3 Å². The van der Waals surface area contributed by atoms with Crippen molar-refractivity contribution in [2.75, 3.05) is 23.9 Å². The first-order chi connectivity index (χ1) is 12.6. The Morgan fingerprint density at radius 1 is 1.31 bits per heavy atom. The lowest BCUT2D eigenvalue weighted by Gasteiger charge is -2.36. The molecule has 1 fully saturated rings. The number of nitrogens with zero attached hydrogens (tertiary/aromatic N) is 3. The van der Waals surface area contributed by atoms with Crippen molar-refractivity contribution in [2.24, 2.45) is 0 Å². The first-order valence-electron chi connectivity index (χ1n) is 9.18. The van der Waals surface area contributed by atoms with Crippen molar-refractivity contribution in [2.45, 2.75) is 45.6 Å². The topological polar surface area (TPSA) is 67.4 Å². The van der Waals surface area contributed by atoms with Gasteiger partial charge in [-0.1, -0.05) is 13.0 Å². The van der Waals surface area contributed by atoms with Crippen LogP contribution in [0.1, 0.15) is 48.8 Å². The van der Waals surface area contributed by atoms with Gasteiger partial charge in [-0.2, -0.15) is 0 Å². The Bertz CT molecular complexity index is 778. The molecular formula is C20H26N4O2. The van der Waals surface area contributed by atoms with Gasteiger partial charge in [0, 0.05) is 24.3 Å². The summed E-state index contributed by atoms with van der Waals surface area (Å²) in [6.45, 7) is 5.17. The van der Waals surface area contributed by atoms with Crippen molar-refractivity contribution < 1.29 is 9.53 Å². The molecule has 2 aromatic rings. The van der Waals surface area contributed by atoms with Gasteiger partial charge in [-0.05, 0) is 50.8 Å². The molecule has 1 N–H and O–H groups in total. The van der Waals surface area contributed by atoms with Gasteiger partial charge in [-0.15, -0.1) is 0 Å². The molecule has 1 aliphatic heterocycles. The number of benzene rings is 1. The van der Waals surface area contributed by atoms with Crippen LogP contribution < -0.4 is 10.2 Å². The number of nitrogens with one attached hydrogen (secondary N) is 1. The molecule has 1 unspecified atom stereocenters. The first kappa shape index (κ1) is 18.2. The fourth-order valence-corrected chi connectivity index (χ4v) is 3.48. The monoisotopic (exact) mass is 354 g/mol. The molecule has 26 heavy (non-hydrogen) atoms. The largest absolute Gasteiger partial charge is 0.465 e. The van der Waals surface area contributed by atoms with Crippen LogP contribution in [0.4, 0.5) is 17.3 Å². The molecule has 6 heteroatoms. The average Bonchev–Trinajstić information content (AvgIpc) is 2.67. The van der Waals surface area contributed by atoms with Gasteiger partial charge in [0.25, 0.3) is 0 Å². The van der Waals surface area contributed by atoms with Gasteiger partial charge in [-0.3, -0.25) is 0 Å². The number of carbonyl (C=O) groups excluding carboxylic acids is 1. The second-order valence-electron chi connectivity index (χ2n) is 6.61. The van der Waals surface area contributed by atoms with Gasteiger partial charge >= 0.3 is 5.97 Å². The minimum atomic E-state index is -0.354. The van der Waals surface area contributed by atoms with Gasteiger partial charge in [0.1, 0.15) is 17.5 Å². The van der Waals surface area contributed by atoms with Crippen LogP contribution >= 0.6 is 0 Å². The van der Waals surface area contributed by atoms with E-state index in [-0.39, 0.29) is 5.97 Å². The summed E-state index contributed by atoms with van der Waals surface area (Å²) in [5.41, 5.74) is 1.30. The molecule has 0 radical (unpaired) electrons. The van der Waals surface area contributed by atoms with Gasteiger partial charge in [0.05, 0.1) is 12.7 Å². The maximum atomic E-state index is 11.7. The molecule has 1 aromatic carbocycles. The molecule has 0 amide bonds. The van der Waals surface area contributed by atoms with Crippen molar-refractivity contribution in [3.05, 3.63) is 41.7 Å². The normalized spacial score (nSPS) is 17.0. The van der Waals surface area contributed by atoms with E-state index in [9.17, 15) is 4.79 Å². The fourth-order valence-electron chi connectivity index (χ4n) is 3.48. The van der Waals surface area contributed by atoms with E-state index >= 15 is 0 Å². The van der Waals surface area contributed by atoms with Crippen LogP contribution in [0.5, 0.6) is 0 Å². The summed E-state index contributed by atoms with van der Waals surface area (Å²) in [6, 6.07) is 9.74. The van der Waals surface area contributed by atoms with Crippen LogP contribution in [0, 0.1) is 6.92 Å². The molecule has 0 spiro atoms. The summed E-state index contributed by atoms with van der Waals surface area (Å²) < 4.78 is 4.78. The molecule has 2 heterocycles. The second kappa shape index (κ2) is 8.17. The summed E-state index contributed by atoms with van der Waals surface area (Å²) >= 11 is 0. The van der Waals surface area contributed by atoms with Gasteiger partial charge < -0.3 is 15.0 Å². The molecule has 1 atom stereocenters. The molecule has 138 valence electrons. The number of anilines is 3. The summed E-state index contributed by atoms with van der Waals surface area (Å²) in [5.74, 6) is 2.08. The number of hydrogen-bond donors (Lipinski definition) is 1. The third kappa shape index (κ3) is 4.12. The van der Waals surface area contributed by atoms with E-state index < -0.39 is 0 Å². The molecule has 0 bridgehead atoms. The third-order valence-corrected chi connectivity index (χ3v) is 4.77. The number of aryl methyl sites for hydroxylation is 1. The van der Waals surface area contributed by atoms with Crippen LogP contribution in [0.3, 0.4) is 0 Å². The molecule has 3 rings (SSSR count). The number of esters is 1. The highest BCUT2D eigenvalue weighted by atomic mass is 16.5. The average molecular weight is 354 g/mol. The van der Waals surface area contributed by atoms with Gasteiger partial charge in [-0.25, -0.2) is 14.8 Å². The Hall–Kier alpha value is -2.63. The van der Waals surface area contributed by atoms with Crippen LogP contribution in [0.2, 0.25) is 0 Å². The lowest BCUT2D eigenvalue weighted by Crippen LogP contribution is -2.39. The Kier molecular flexibility index (Phi) is 5.71. The predicted octanol–water partition coefficient (Wildman–Crippen LogP) is 4.08. The number of aromatic nitrogens is 2. The summed E-state index contributed by atoms with van der Waals surface area (Å²) in [7, 11) is 1.38. The zero-order chi connectivity index (χ0) is 18.5. The second-order valence-corrected chi connectivity index (χ2v) is 6.61. The number of hydrogen-bond acceptors (Lipinski definition) is 6. The molecule has 0 aliphatic carbocycles. The van der Waals surface area contributed by atoms with Crippen LogP contribution in [-0.4, -0.2) is 35.6 Å². The number of piperidine rings is 1.